The third-order valence-electron chi connectivity index (χ3n) is 6.02. The first-order valence-electron chi connectivity index (χ1n) is 11.3. The standard InChI is InChI=1S/C26H28Cl2N2O2S/c1-4-24(20-9-10-20)30(14-18-5-7-19(8-6-18)15-32-17(3)31)26-29-25(16(2)33-26)22-12-11-21(27)13-23(22)28/h5-8,11-13,20,24H,4,9-10,14-15H2,1-3H3. The van der Waals surface area contributed by atoms with Crippen LogP contribution in [0.1, 0.15) is 49.1 Å². The van der Waals surface area contributed by atoms with E-state index in [0.29, 0.717) is 28.6 Å². The zero-order chi connectivity index (χ0) is 23.5. The lowest BCUT2D eigenvalue weighted by atomic mass is 10.1. The molecule has 2 aromatic carbocycles. The van der Waals surface area contributed by atoms with Gasteiger partial charge in [-0.3, -0.25) is 4.79 Å². The molecular formula is C26H28Cl2N2O2S. The summed E-state index contributed by atoms with van der Waals surface area (Å²) in [5.74, 6) is 0.446. The van der Waals surface area contributed by atoms with E-state index in [1.54, 1.807) is 17.4 Å². The lowest BCUT2D eigenvalue weighted by molar-refractivity contribution is -0.142. The van der Waals surface area contributed by atoms with Crippen LogP contribution >= 0.6 is 34.5 Å². The van der Waals surface area contributed by atoms with Gasteiger partial charge in [-0.15, -0.1) is 11.3 Å². The topological polar surface area (TPSA) is 42.4 Å². The summed E-state index contributed by atoms with van der Waals surface area (Å²) in [6, 6.07) is 14.3. The summed E-state index contributed by atoms with van der Waals surface area (Å²) in [4.78, 5) is 19.8. The fraction of sp³-hybridized carbons (Fsp3) is 0.385. The molecule has 0 bridgehead atoms. The van der Waals surface area contributed by atoms with Gasteiger partial charge in [0.15, 0.2) is 5.13 Å². The average Bonchev–Trinajstić information content (AvgIpc) is 3.55. The minimum Gasteiger partial charge on any atom is -0.461 e. The molecule has 1 aliphatic carbocycles. The van der Waals surface area contributed by atoms with Crippen molar-refractivity contribution in [3.63, 3.8) is 0 Å². The molecule has 7 heteroatoms. The van der Waals surface area contributed by atoms with E-state index in [1.165, 1.54) is 25.3 Å². The number of anilines is 1. The van der Waals surface area contributed by atoms with E-state index in [-0.39, 0.29) is 5.97 Å². The summed E-state index contributed by atoms with van der Waals surface area (Å²) in [7, 11) is 0. The monoisotopic (exact) mass is 502 g/mol. The second-order valence-electron chi connectivity index (χ2n) is 8.56. The largest absolute Gasteiger partial charge is 0.461 e. The van der Waals surface area contributed by atoms with Crippen molar-refractivity contribution in [1.82, 2.24) is 4.98 Å². The Labute approximate surface area is 209 Å². The Balaban J connectivity index is 1.62. The third kappa shape index (κ3) is 5.89. The molecule has 4 nitrogen and oxygen atoms in total. The van der Waals surface area contributed by atoms with Crippen LogP contribution in [0.25, 0.3) is 11.3 Å². The predicted molar refractivity (Wildman–Crippen MR) is 137 cm³/mol. The molecule has 3 aromatic rings. The average molecular weight is 503 g/mol. The first-order chi connectivity index (χ1) is 15.9. The maximum atomic E-state index is 11.1. The summed E-state index contributed by atoms with van der Waals surface area (Å²) < 4.78 is 5.11. The number of rotatable bonds is 9. The van der Waals surface area contributed by atoms with Gasteiger partial charge in [-0.25, -0.2) is 4.98 Å². The highest BCUT2D eigenvalue weighted by Gasteiger charge is 2.35. The zero-order valence-electron chi connectivity index (χ0n) is 19.1. The minimum atomic E-state index is -0.267. The lowest BCUT2D eigenvalue weighted by Gasteiger charge is -2.31. The van der Waals surface area contributed by atoms with Gasteiger partial charge in [-0.05, 0) is 61.4 Å². The van der Waals surface area contributed by atoms with Crippen LogP contribution in [0.3, 0.4) is 0 Å². The van der Waals surface area contributed by atoms with Gasteiger partial charge >= 0.3 is 5.97 Å². The van der Waals surface area contributed by atoms with Crippen molar-refractivity contribution in [2.75, 3.05) is 4.90 Å². The van der Waals surface area contributed by atoms with Crippen LogP contribution in [-0.2, 0) is 22.7 Å². The number of benzene rings is 2. The van der Waals surface area contributed by atoms with Crippen LogP contribution in [0.2, 0.25) is 10.0 Å². The molecule has 0 aliphatic heterocycles. The molecule has 0 amide bonds. The Hall–Kier alpha value is -2.08. The number of nitrogens with zero attached hydrogens (tertiary/aromatic N) is 2. The number of aryl methyl sites for hydroxylation is 1. The van der Waals surface area contributed by atoms with Crippen molar-refractivity contribution >= 4 is 45.6 Å². The van der Waals surface area contributed by atoms with Crippen molar-refractivity contribution in [3.05, 3.63) is 68.5 Å². The number of hydrogen-bond donors (Lipinski definition) is 0. The molecule has 0 spiro atoms. The fourth-order valence-electron chi connectivity index (χ4n) is 4.18. The van der Waals surface area contributed by atoms with Gasteiger partial charge in [0.25, 0.3) is 0 Å². The summed E-state index contributed by atoms with van der Waals surface area (Å²) in [6.45, 7) is 6.87. The number of esters is 1. The van der Waals surface area contributed by atoms with Crippen LogP contribution in [0.5, 0.6) is 0 Å². The molecule has 1 atom stereocenters. The normalized spacial score (nSPS) is 14.2. The van der Waals surface area contributed by atoms with Crippen LogP contribution in [0, 0.1) is 12.8 Å². The molecule has 0 radical (unpaired) electrons. The molecule has 33 heavy (non-hydrogen) atoms. The number of carbonyl (C=O) groups is 1. The molecule has 174 valence electrons. The number of ether oxygens (including phenoxy) is 1. The van der Waals surface area contributed by atoms with Gasteiger partial charge in [0.05, 0.1) is 10.7 Å². The first-order valence-corrected chi connectivity index (χ1v) is 12.8. The van der Waals surface area contributed by atoms with E-state index in [0.717, 1.165) is 39.8 Å². The number of thiazole rings is 1. The van der Waals surface area contributed by atoms with Gasteiger partial charge < -0.3 is 9.64 Å². The maximum Gasteiger partial charge on any atom is 0.302 e. The van der Waals surface area contributed by atoms with Crippen LogP contribution in [-0.4, -0.2) is 17.0 Å². The van der Waals surface area contributed by atoms with Gasteiger partial charge in [-0.2, -0.15) is 0 Å². The molecule has 1 unspecified atom stereocenters. The van der Waals surface area contributed by atoms with E-state index in [2.05, 4.69) is 30.9 Å². The first kappa shape index (κ1) is 24.1. The molecule has 1 saturated carbocycles. The highest BCUT2D eigenvalue weighted by molar-refractivity contribution is 7.16. The van der Waals surface area contributed by atoms with Crippen molar-refractivity contribution in [3.8, 4) is 11.3 Å². The maximum absolute atomic E-state index is 11.1. The zero-order valence-corrected chi connectivity index (χ0v) is 21.4. The van der Waals surface area contributed by atoms with Gasteiger partial charge in [0.2, 0.25) is 0 Å². The SMILES string of the molecule is CCC(C1CC1)N(Cc1ccc(COC(C)=O)cc1)c1nc(-c2ccc(Cl)cc2Cl)c(C)s1. The van der Waals surface area contributed by atoms with E-state index >= 15 is 0 Å². The van der Waals surface area contributed by atoms with Crippen molar-refractivity contribution in [2.24, 2.45) is 5.92 Å². The number of hydrogen-bond acceptors (Lipinski definition) is 5. The second kappa shape index (κ2) is 10.5. The van der Waals surface area contributed by atoms with Crippen molar-refractivity contribution < 1.29 is 9.53 Å². The van der Waals surface area contributed by atoms with Gasteiger partial charge in [-0.1, -0.05) is 54.4 Å². The molecule has 1 aliphatic rings. The Morgan fingerprint density at radius 3 is 2.48 bits per heavy atom. The highest BCUT2D eigenvalue weighted by Crippen LogP contribution is 2.42. The van der Waals surface area contributed by atoms with Gasteiger partial charge in [0.1, 0.15) is 6.61 Å². The third-order valence-corrected chi connectivity index (χ3v) is 7.58. The second-order valence-corrected chi connectivity index (χ2v) is 10.6. The number of carbonyl (C=O) groups excluding carboxylic acids is 1. The van der Waals surface area contributed by atoms with Crippen molar-refractivity contribution in [2.45, 2.75) is 59.2 Å². The molecule has 4 rings (SSSR count). The summed E-state index contributed by atoms with van der Waals surface area (Å²) in [5, 5.41) is 2.26. The highest BCUT2D eigenvalue weighted by atomic mass is 35.5. The van der Waals surface area contributed by atoms with E-state index in [9.17, 15) is 4.79 Å². The lowest BCUT2D eigenvalue weighted by Crippen LogP contribution is -2.36. The minimum absolute atomic E-state index is 0.267. The van der Waals surface area contributed by atoms with Crippen LogP contribution in [0.4, 0.5) is 5.13 Å². The van der Waals surface area contributed by atoms with E-state index in [1.807, 2.05) is 24.3 Å². The van der Waals surface area contributed by atoms with Crippen molar-refractivity contribution in [1.29, 1.82) is 0 Å². The summed E-state index contributed by atoms with van der Waals surface area (Å²) >= 11 is 14.3. The molecule has 1 fully saturated rings. The van der Waals surface area contributed by atoms with E-state index < -0.39 is 0 Å². The smallest absolute Gasteiger partial charge is 0.302 e. The Morgan fingerprint density at radius 2 is 1.88 bits per heavy atom. The summed E-state index contributed by atoms with van der Waals surface area (Å²) in [5.41, 5.74) is 4.03. The Morgan fingerprint density at radius 1 is 1.18 bits per heavy atom. The molecular weight excluding hydrogens is 475 g/mol. The summed E-state index contributed by atoms with van der Waals surface area (Å²) in [6.07, 6.45) is 3.62. The fourth-order valence-corrected chi connectivity index (χ4v) is 5.65. The Kier molecular flexibility index (Phi) is 7.62. The van der Waals surface area contributed by atoms with Gasteiger partial charge in [0, 0.05) is 35.0 Å². The number of halogens is 2. The number of aromatic nitrogens is 1. The molecule has 0 N–H and O–H groups in total. The quantitative estimate of drug-likeness (QED) is 0.281. The van der Waals surface area contributed by atoms with Crippen LogP contribution < -0.4 is 4.90 Å². The molecule has 0 saturated heterocycles. The predicted octanol–water partition coefficient (Wildman–Crippen LogP) is 7.68. The van der Waals surface area contributed by atoms with E-state index in [4.69, 9.17) is 32.9 Å². The molecule has 1 heterocycles. The Bertz CT molecular complexity index is 1130. The molecule has 1 aromatic heterocycles. The van der Waals surface area contributed by atoms with Crippen LogP contribution in [0.15, 0.2) is 42.5 Å².